The molecule has 0 radical (unpaired) electrons. The van der Waals surface area contributed by atoms with Crippen molar-refractivity contribution < 1.29 is 19.4 Å². The molecule has 1 atom stereocenters. The highest BCUT2D eigenvalue weighted by Gasteiger charge is 2.12. The second kappa shape index (κ2) is 15.9. The minimum absolute atomic E-state index is 0.314. The van der Waals surface area contributed by atoms with Gasteiger partial charge in [-0.3, -0.25) is 4.98 Å². The van der Waals surface area contributed by atoms with E-state index in [0.717, 1.165) is 57.4 Å². The molecular weight excluding hydrogens is 477 g/mol. The van der Waals surface area contributed by atoms with Gasteiger partial charge in [0.2, 0.25) is 0 Å². The molecule has 34 heavy (non-hydrogen) atoms. The van der Waals surface area contributed by atoms with Gasteiger partial charge >= 0.3 is 5.97 Å². The Balaban J connectivity index is 1.46. The lowest BCUT2D eigenvalue weighted by Gasteiger charge is -2.14. The smallest absolute Gasteiger partial charge is 0.338 e. The first-order valence-corrected chi connectivity index (χ1v) is 12.5. The van der Waals surface area contributed by atoms with Crippen LogP contribution in [0.4, 0.5) is 5.69 Å². The molecule has 0 aliphatic rings. The molecule has 7 nitrogen and oxygen atoms in total. The molecule has 2 rings (SSSR count). The van der Waals surface area contributed by atoms with Gasteiger partial charge in [0.1, 0.15) is 0 Å². The quantitative estimate of drug-likeness (QED) is 0.165. The van der Waals surface area contributed by atoms with Crippen molar-refractivity contribution in [2.24, 2.45) is 0 Å². The molecule has 0 fully saturated rings. The van der Waals surface area contributed by atoms with Crippen LogP contribution in [-0.2, 0) is 15.9 Å². The van der Waals surface area contributed by atoms with E-state index in [1.54, 1.807) is 37.4 Å². The molecule has 0 bridgehead atoms. The van der Waals surface area contributed by atoms with Gasteiger partial charge in [-0.15, -0.1) is 0 Å². The Hall–Kier alpha value is -1.90. The van der Waals surface area contributed by atoms with E-state index in [-0.39, 0.29) is 5.97 Å². The number of hydrogen-bond acceptors (Lipinski definition) is 7. The summed E-state index contributed by atoms with van der Waals surface area (Å²) in [5, 5.41) is 14.2. The summed E-state index contributed by atoms with van der Waals surface area (Å²) in [6.45, 7) is 4.81. The Bertz CT molecular complexity index is 875. The zero-order valence-corrected chi connectivity index (χ0v) is 21.2. The third-order valence-corrected chi connectivity index (χ3v) is 5.89. The first-order valence-electron chi connectivity index (χ1n) is 11.7. The lowest BCUT2D eigenvalue weighted by molar-refractivity contribution is 0.0526. The number of aliphatic hydroxyl groups is 1. The molecule has 0 saturated carbocycles. The first kappa shape index (κ1) is 28.3. The number of nitrogen functional groups attached to an aromatic ring is 1. The van der Waals surface area contributed by atoms with Gasteiger partial charge in [0.05, 0.1) is 34.0 Å². The Labute approximate surface area is 211 Å². The highest BCUT2D eigenvalue weighted by atomic mass is 35.5. The van der Waals surface area contributed by atoms with E-state index in [0.29, 0.717) is 46.6 Å². The molecule has 0 aliphatic heterocycles. The summed E-state index contributed by atoms with van der Waals surface area (Å²) in [6, 6.07) is 6.74. The summed E-state index contributed by atoms with van der Waals surface area (Å²) >= 11 is 12.0. The van der Waals surface area contributed by atoms with E-state index in [2.05, 4.69) is 10.3 Å². The number of halogens is 2. The van der Waals surface area contributed by atoms with E-state index in [9.17, 15) is 9.90 Å². The van der Waals surface area contributed by atoms with Crippen LogP contribution in [0.1, 0.15) is 66.7 Å². The second-order valence-electron chi connectivity index (χ2n) is 8.00. The van der Waals surface area contributed by atoms with Gasteiger partial charge in [0, 0.05) is 31.6 Å². The minimum Gasteiger partial charge on any atom is -0.462 e. The van der Waals surface area contributed by atoms with E-state index >= 15 is 0 Å². The van der Waals surface area contributed by atoms with E-state index < -0.39 is 6.10 Å². The highest BCUT2D eigenvalue weighted by molar-refractivity contribution is 6.38. The number of esters is 1. The van der Waals surface area contributed by atoms with Crippen LogP contribution >= 0.6 is 23.2 Å². The number of aromatic nitrogens is 1. The minimum atomic E-state index is -0.688. The summed E-state index contributed by atoms with van der Waals surface area (Å²) in [4.78, 5) is 16.1. The molecule has 188 valence electrons. The maximum absolute atomic E-state index is 11.8. The summed E-state index contributed by atoms with van der Waals surface area (Å²) in [6.07, 6.45) is 6.80. The van der Waals surface area contributed by atoms with Crippen LogP contribution in [-0.4, -0.2) is 49.0 Å². The fraction of sp³-hybridized carbons (Fsp3) is 0.520. The molecule has 1 aromatic carbocycles. The number of carbonyl (C=O) groups is 1. The molecule has 1 unspecified atom stereocenters. The van der Waals surface area contributed by atoms with Crippen molar-refractivity contribution in [3.05, 3.63) is 57.3 Å². The summed E-state index contributed by atoms with van der Waals surface area (Å²) in [5.41, 5.74) is 8.11. The second-order valence-corrected chi connectivity index (χ2v) is 8.82. The SMILES string of the molecule is CCOC(=O)c1ccnc(CCCOCCCCCCNCC(O)c2cc(Cl)c(N)c(Cl)c2)c1. The molecule has 0 amide bonds. The lowest BCUT2D eigenvalue weighted by Crippen LogP contribution is -2.22. The normalized spacial score (nSPS) is 12.0. The average molecular weight is 512 g/mol. The van der Waals surface area contributed by atoms with Gasteiger partial charge in [-0.25, -0.2) is 4.79 Å². The Morgan fingerprint density at radius 1 is 1.12 bits per heavy atom. The molecule has 1 heterocycles. The van der Waals surface area contributed by atoms with Crippen LogP contribution in [0, 0.1) is 0 Å². The Morgan fingerprint density at radius 2 is 1.82 bits per heavy atom. The largest absolute Gasteiger partial charge is 0.462 e. The van der Waals surface area contributed by atoms with Gasteiger partial charge in [-0.05, 0) is 69.0 Å². The van der Waals surface area contributed by atoms with Crippen molar-refractivity contribution in [3.63, 3.8) is 0 Å². The molecule has 1 aromatic heterocycles. The maximum Gasteiger partial charge on any atom is 0.338 e. The average Bonchev–Trinajstić information content (AvgIpc) is 2.83. The Morgan fingerprint density at radius 3 is 2.56 bits per heavy atom. The third kappa shape index (κ3) is 10.2. The summed E-state index contributed by atoms with van der Waals surface area (Å²) in [5.74, 6) is -0.314. The van der Waals surface area contributed by atoms with E-state index in [1.165, 1.54) is 0 Å². The Kier molecular flexibility index (Phi) is 13.3. The number of rotatable bonds is 16. The number of hydrogen-bond donors (Lipinski definition) is 3. The molecule has 2 aromatic rings. The number of unbranched alkanes of at least 4 members (excludes halogenated alkanes) is 3. The van der Waals surface area contributed by atoms with Crippen molar-refractivity contribution in [1.29, 1.82) is 0 Å². The molecule has 9 heteroatoms. The number of anilines is 1. The predicted molar refractivity (Wildman–Crippen MR) is 137 cm³/mol. The van der Waals surface area contributed by atoms with Crippen LogP contribution in [0.2, 0.25) is 10.0 Å². The van der Waals surface area contributed by atoms with Crippen LogP contribution in [0.25, 0.3) is 0 Å². The van der Waals surface area contributed by atoms with E-state index in [4.69, 9.17) is 38.4 Å². The molecule has 0 saturated heterocycles. The zero-order chi connectivity index (χ0) is 24.8. The molecular formula is C25H35Cl2N3O4. The van der Waals surface area contributed by atoms with Crippen molar-refractivity contribution in [3.8, 4) is 0 Å². The van der Waals surface area contributed by atoms with Crippen LogP contribution in [0.5, 0.6) is 0 Å². The van der Waals surface area contributed by atoms with Gasteiger partial charge in [-0.1, -0.05) is 36.0 Å². The number of carbonyl (C=O) groups excluding carboxylic acids is 1. The zero-order valence-electron chi connectivity index (χ0n) is 19.7. The van der Waals surface area contributed by atoms with Gasteiger partial charge < -0.3 is 25.6 Å². The number of nitrogens with two attached hydrogens (primary N) is 1. The van der Waals surface area contributed by atoms with Crippen molar-refractivity contribution in [2.45, 2.75) is 51.6 Å². The number of nitrogens with one attached hydrogen (secondary N) is 1. The van der Waals surface area contributed by atoms with Crippen LogP contribution in [0.3, 0.4) is 0 Å². The van der Waals surface area contributed by atoms with Gasteiger partial charge in [0.25, 0.3) is 0 Å². The monoisotopic (exact) mass is 511 g/mol. The number of pyridine rings is 1. The third-order valence-electron chi connectivity index (χ3n) is 5.27. The highest BCUT2D eigenvalue weighted by Crippen LogP contribution is 2.31. The van der Waals surface area contributed by atoms with Gasteiger partial charge in [0.15, 0.2) is 0 Å². The summed E-state index contributed by atoms with van der Waals surface area (Å²) < 4.78 is 10.7. The molecule has 0 spiro atoms. The van der Waals surface area contributed by atoms with Gasteiger partial charge in [-0.2, -0.15) is 0 Å². The topological polar surface area (TPSA) is 107 Å². The summed E-state index contributed by atoms with van der Waals surface area (Å²) in [7, 11) is 0. The fourth-order valence-corrected chi connectivity index (χ4v) is 3.88. The lowest BCUT2D eigenvalue weighted by atomic mass is 10.1. The van der Waals surface area contributed by atoms with Crippen LogP contribution in [0.15, 0.2) is 30.5 Å². The number of nitrogens with zero attached hydrogens (tertiary/aromatic N) is 1. The standard InChI is InChI=1S/C25H35Cl2N3O4/c1-2-34-25(32)18-9-11-30-20(14-18)8-7-13-33-12-6-4-3-5-10-29-17-23(31)19-15-21(26)24(28)22(27)16-19/h9,11,14-16,23,29,31H,2-8,10,12-13,17,28H2,1H3. The van der Waals surface area contributed by atoms with Crippen LogP contribution < -0.4 is 11.1 Å². The number of aliphatic hydroxyl groups excluding tert-OH is 1. The number of ether oxygens (including phenoxy) is 2. The fourth-order valence-electron chi connectivity index (χ4n) is 3.37. The first-order chi connectivity index (χ1) is 16.4. The van der Waals surface area contributed by atoms with Crippen molar-refractivity contribution >= 4 is 34.9 Å². The predicted octanol–water partition coefficient (Wildman–Crippen LogP) is 4.98. The number of aryl methyl sites for hydroxylation is 1. The molecule has 4 N–H and O–H groups in total. The van der Waals surface area contributed by atoms with E-state index in [1.807, 2.05) is 0 Å². The maximum atomic E-state index is 11.8. The number of benzene rings is 1. The van der Waals surface area contributed by atoms with Crippen molar-refractivity contribution in [1.82, 2.24) is 10.3 Å². The molecule has 0 aliphatic carbocycles. The van der Waals surface area contributed by atoms with Crippen molar-refractivity contribution in [2.75, 3.05) is 38.6 Å².